The van der Waals surface area contributed by atoms with Crippen molar-refractivity contribution in [2.45, 2.75) is 38.5 Å². The minimum atomic E-state index is -0.734. The van der Waals surface area contributed by atoms with Crippen LogP contribution in [0.4, 0.5) is 0 Å². The smallest absolute Gasteiger partial charge is 0.315 e. The predicted octanol–water partition coefficient (Wildman–Crippen LogP) is 4.86. The number of hydrogen-bond donors (Lipinski definition) is 0. The number of esters is 1. The number of hydrogen-bond acceptors (Lipinski definition) is 8. The molecule has 0 amide bonds. The molecule has 1 heterocycles. The lowest BCUT2D eigenvalue weighted by Gasteiger charge is -2.37. The first-order chi connectivity index (χ1) is 17.9. The Hall–Kier alpha value is -3.81. The molecule has 3 atom stereocenters. The van der Waals surface area contributed by atoms with Gasteiger partial charge in [-0.25, -0.2) is 0 Å². The van der Waals surface area contributed by atoms with Gasteiger partial charge >= 0.3 is 5.97 Å². The molecule has 0 bridgehead atoms. The minimum absolute atomic E-state index is 0.0468. The van der Waals surface area contributed by atoms with Crippen LogP contribution in [-0.2, 0) is 14.3 Å². The highest BCUT2D eigenvalue weighted by atomic mass is 16.5. The van der Waals surface area contributed by atoms with E-state index in [9.17, 15) is 9.59 Å². The molecule has 0 fully saturated rings. The van der Waals surface area contributed by atoms with Gasteiger partial charge in [-0.3, -0.25) is 14.6 Å². The number of methoxy groups -OCH3 is 4. The van der Waals surface area contributed by atoms with E-state index < -0.39 is 17.8 Å². The van der Waals surface area contributed by atoms with Crippen molar-refractivity contribution in [3.05, 3.63) is 58.8 Å². The fourth-order valence-corrected chi connectivity index (χ4v) is 5.35. The average molecular weight is 508 g/mol. The van der Waals surface area contributed by atoms with E-state index in [-0.39, 0.29) is 24.7 Å². The van der Waals surface area contributed by atoms with Crippen LogP contribution in [0.2, 0.25) is 0 Å². The van der Waals surface area contributed by atoms with Crippen LogP contribution in [0.15, 0.2) is 52.7 Å². The zero-order valence-corrected chi connectivity index (χ0v) is 22.1. The number of nitrogens with zero attached hydrogens (tertiary/aromatic N) is 1. The molecule has 8 nitrogen and oxygen atoms in total. The first-order valence-corrected chi connectivity index (χ1v) is 12.3. The molecule has 1 aliphatic heterocycles. The Labute approximate surface area is 217 Å². The van der Waals surface area contributed by atoms with Gasteiger partial charge in [0.05, 0.1) is 35.0 Å². The highest BCUT2D eigenvalue weighted by Gasteiger charge is 2.45. The SMILES string of the molecule is CCOC(=O)C1C(C)=NC2=C(C(=O)C[C@@H](c3ccc(OC)c(OC)c3)C2)[C@H]1c1ccc(OC)cc1OC. The van der Waals surface area contributed by atoms with Crippen LogP contribution in [0.1, 0.15) is 49.7 Å². The van der Waals surface area contributed by atoms with Crippen LogP contribution in [0.5, 0.6) is 23.0 Å². The fraction of sp³-hybridized carbons (Fsp3) is 0.414. The topological polar surface area (TPSA) is 92.7 Å². The maximum absolute atomic E-state index is 13.8. The van der Waals surface area contributed by atoms with E-state index in [0.717, 1.165) is 11.1 Å². The van der Waals surface area contributed by atoms with Gasteiger partial charge in [-0.2, -0.15) is 0 Å². The van der Waals surface area contributed by atoms with Crippen LogP contribution in [-0.4, -0.2) is 52.5 Å². The number of ether oxygens (including phenoxy) is 5. The molecular formula is C29H33NO7. The maximum atomic E-state index is 13.8. The second-order valence-corrected chi connectivity index (χ2v) is 9.07. The summed E-state index contributed by atoms with van der Waals surface area (Å²) in [6.07, 6.45) is 0.839. The number of carbonyl (C=O) groups is 2. The monoisotopic (exact) mass is 507 g/mol. The van der Waals surface area contributed by atoms with E-state index in [1.807, 2.05) is 31.2 Å². The molecule has 0 N–H and O–H groups in total. The quantitative estimate of drug-likeness (QED) is 0.471. The number of ketones is 1. The number of aliphatic imine (C=N–C) groups is 1. The Bertz CT molecular complexity index is 1260. The van der Waals surface area contributed by atoms with Gasteiger partial charge in [-0.15, -0.1) is 0 Å². The van der Waals surface area contributed by atoms with Gasteiger partial charge in [0.15, 0.2) is 17.3 Å². The zero-order valence-electron chi connectivity index (χ0n) is 22.1. The van der Waals surface area contributed by atoms with Crippen molar-refractivity contribution in [2.24, 2.45) is 10.9 Å². The van der Waals surface area contributed by atoms with Gasteiger partial charge in [0.2, 0.25) is 0 Å². The summed E-state index contributed by atoms with van der Waals surface area (Å²) >= 11 is 0. The Morgan fingerprint density at radius 1 is 0.919 bits per heavy atom. The lowest BCUT2D eigenvalue weighted by atomic mass is 9.69. The molecule has 37 heavy (non-hydrogen) atoms. The molecule has 196 valence electrons. The van der Waals surface area contributed by atoms with E-state index in [1.165, 1.54) is 0 Å². The Morgan fingerprint density at radius 2 is 1.65 bits per heavy atom. The largest absolute Gasteiger partial charge is 0.497 e. The lowest BCUT2D eigenvalue weighted by molar-refractivity contribution is -0.146. The third kappa shape index (κ3) is 4.92. The van der Waals surface area contributed by atoms with Crippen molar-refractivity contribution in [3.8, 4) is 23.0 Å². The molecule has 2 aromatic rings. The number of carbonyl (C=O) groups excluding carboxylic acids is 2. The normalized spacial score (nSPS) is 21.1. The number of allylic oxidation sites excluding steroid dienone is 2. The predicted molar refractivity (Wildman–Crippen MR) is 139 cm³/mol. The fourth-order valence-electron chi connectivity index (χ4n) is 5.35. The van der Waals surface area contributed by atoms with Crippen LogP contribution in [0, 0.1) is 5.92 Å². The van der Waals surface area contributed by atoms with E-state index in [0.29, 0.717) is 46.4 Å². The summed E-state index contributed by atoms with van der Waals surface area (Å²) in [5, 5.41) is 0. The summed E-state index contributed by atoms with van der Waals surface area (Å²) in [6.45, 7) is 3.82. The van der Waals surface area contributed by atoms with Gasteiger partial charge in [-0.05, 0) is 49.9 Å². The first kappa shape index (κ1) is 26.3. The molecule has 8 heteroatoms. The first-order valence-electron chi connectivity index (χ1n) is 12.3. The van der Waals surface area contributed by atoms with E-state index in [4.69, 9.17) is 28.7 Å². The summed E-state index contributed by atoms with van der Waals surface area (Å²) in [5.74, 6) is 0.543. The van der Waals surface area contributed by atoms with Crippen molar-refractivity contribution in [3.63, 3.8) is 0 Å². The Balaban J connectivity index is 1.82. The maximum Gasteiger partial charge on any atom is 0.315 e. The van der Waals surface area contributed by atoms with Crippen molar-refractivity contribution in [1.82, 2.24) is 0 Å². The molecule has 4 rings (SSSR count). The number of Topliss-reactive ketones (excluding diaryl/α,β-unsaturated/α-hetero) is 1. The zero-order chi connectivity index (χ0) is 26.7. The molecular weight excluding hydrogens is 474 g/mol. The second kappa shape index (κ2) is 11.1. The van der Waals surface area contributed by atoms with Gasteiger partial charge < -0.3 is 23.7 Å². The summed E-state index contributed by atoms with van der Waals surface area (Å²) in [6, 6.07) is 11.1. The lowest BCUT2D eigenvalue weighted by Crippen LogP contribution is -2.38. The minimum Gasteiger partial charge on any atom is -0.497 e. The molecule has 0 saturated carbocycles. The second-order valence-electron chi connectivity index (χ2n) is 9.07. The number of benzene rings is 2. The van der Waals surface area contributed by atoms with Crippen molar-refractivity contribution in [1.29, 1.82) is 0 Å². The van der Waals surface area contributed by atoms with E-state index in [2.05, 4.69) is 0 Å². The van der Waals surface area contributed by atoms with Crippen LogP contribution < -0.4 is 18.9 Å². The summed E-state index contributed by atoms with van der Waals surface area (Å²) in [7, 11) is 6.32. The standard InChI is InChI=1S/C29H33NO7/c1-7-37-29(32)26-16(2)30-21-12-18(17-8-11-23(34-4)25(14-17)36-6)13-22(31)28(21)27(26)20-10-9-19(33-3)15-24(20)35-5/h8-11,14-15,18,26-27H,7,12-13H2,1-6H3/t18-,26?,27-/m0/s1. The molecule has 0 saturated heterocycles. The van der Waals surface area contributed by atoms with E-state index >= 15 is 0 Å². The molecule has 2 aliphatic rings. The molecule has 1 aliphatic carbocycles. The van der Waals surface area contributed by atoms with Crippen LogP contribution in [0.3, 0.4) is 0 Å². The van der Waals surface area contributed by atoms with Crippen LogP contribution >= 0.6 is 0 Å². The molecule has 0 radical (unpaired) electrons. The Morgan fingerprint density at radius 3 is 2.30 bits per heavy atom. The van der Waals surface area contributed by atoms with Crippen molar-refractivity contribution < 1.29 is 33.3 Å². The van der Waals surface area contributed by atoms with Crippen LogP contribution in [0.25, 0.3) is 0 Å². The van der Waals surface area contributed by atoms with Gasteiger partial charge in [-0.1, -0.05) is 12.1 Å². The van der Waals surface area contributed by atoms with Gasteiger partial charge in [0.1, 0.15) is 17.4 Å². The molecule has 0 aromatic heterocycles. The van der Waals surface area contributed by atoms with Gasteiger partial charge in [0.25, 0.3) is 0 Å². The number of rotatable bonds is 8. The third-order valence-electron chi connectivity index (χ3n) is 7.08. The molecule has 0 spiro atoms. The summed E-state index contributed by atoms with van der Waals surface area (Å²) in [5.41, 5.74) is 3.54. The highest BCUT2D eigenvalue weighted by Crippen LogP contribution is 2.49. The highest BCUT2D eigenvalue weighted by molar-refractivity contribution is 6.09. The Kier molecular flexibility index (Phi) is 7.86. The van der Waals surface area contributed by atoms with Crippen molar-refractivity contribution >= 4 is 17.5 Å². The van der Waals surface area contributed by atoms with Gasteiger partial charge in [0, 0.05) is 41.0 Å². The van der Waals surface area contributed by atoms with E-state index in [1.54, 1.807) is 47.5 Å². The summed E-state index contributed by atoms with van der Waals surface area (Å²) < 4.78 is 27.3. The average Bonchev–Trinajstić information content (AvgIpc) is 2.91. The summed E-state index contributed by atoms with van der Waals surface area (Å²) in [4.78, 5) is 31.8. The third-order valence-corrected chi connectivity index (χ3v) is 7.08. The molecule has 1 unspecified atom stereocenters. The van der Waals surface area contributed by atoms with Crippen molar-refractivity contribution in [2.75, 3.05) is 35.0 Å². The molecule has 2 aromatic carbocycles.